The molecule has 5 heteroatoms. The molecule has 114 valence electrons. The van der Waals surface area contributed by atoms with Crippen molar-refractivity contribution in [1.29, 1.82) is 0 Å². The van der Waals surface area contributed by atoms with E-state index in [0.717, 1.165) is 17.2 Å². The van der Waals surface area contributed by atoms with E-state index in [-0.39, 0.29) is 11.6 Å². The van der Waals surface area contributed by atoms with Crippen molar-refractivity contribution >= 4 is 11.5 Å². The van der Waals surface area contributed by atoms with Gasteiger partial charge >= 0.3 is 0 Å². The zero-order valence-corrected chi connectivity index (χ0v) is 12.3. The van der Waals surface area contributed by atoms with Gasteiger partial charge in [0.25, 0.3) is 0 Å². The van der Waals surface area contributed by atoms with E-state index in [0.29, 0.717) is 11.5 Å². The standard InChI is InChI=1S/C17H17F2N3/c1-10-7-14(11(2)20)17-21-16(5-6-22(17)9-10)13-4-3-12(18)8-15(13)19/h3-5,7-9,11H,6,20H2,1-2H3/i6D/t6-,11?/m1/s1. The molecule has 0 radical (unpaired) electrons. The van der Waals surface area contributed by atoms with Crippen molar-refractivity contribution < 1.29 is 10.2 Å². The summed E-state index contributed by atoms with van der Waals surface area (Å²) in [6, 6.07) is 3.05. The average molecular weight is 302 g/mol. The lowest BCUT2D eigenvalue weighted by Gasteiger charge is -2.32. The molecule has 2 heterocycles. The molecule has 2 aliphatic heterocycles. The Hall–Kier alpha value is -2.27. The predicted octanol–water partition coefficient (Wildman–Crippen LogP) is 3.21. The van der Waals surface area contributed by atoms with Crippen LogP contribution in [-0.2, 0) is 0 Å². The van der Waals surface area contributed by atoms with E-state index in [1.165, 1.54) is 18.2 Å². The Kier molecular flexibility index (Phi) is 3.35. The van der Waals surface area contributed by atoms with Crippen LogP contribution in [0.1, 0.15) is 20.8 Å². The monoisotopic (exact) mass is 302 g/mol. The first-order chi connectivity index (χ1) is 10.9. The van der Waals surface area contributed by atoms with Gasteiger partial charge in [-0.25, -0.2) is 13.8 Å². The fourth-order valence-corrected chi connectivity index (χ4v) is 2.50. The lowest BCUT2D eigenvalue weighted by Crippen LogP contribution is -2.38. The summed E-state index contributed by atoms with van der Waals surface area (Å²) in [7, 11) is 0. The number of aliphatic imine (C=N–C) groups is 1. The highest BCUT2D eigenvalue weighted by Gasteiger charge is 2.25. The molecule has 2 aliphatic rings. The number of amidine groups is 1. The van der Waals surface area contributed by atoms with Crippen molar-refractivity contribution in [3.8, 4) is 0 Å². The summed E-state index contributed by atoms with van der Waals surface area (Å²) in [5, 5.41) is 0. The van der Waals surface area contributed by atoms with Crippen molar-refractivity contribution in [2.45, 2.75) is 19.9 Å². The maximum absolute atomic E-state index is 14.0. The zero-order chi connectivity index (χ0) is 16.7. The number of nitrogens with zero attached hydrogens (tertiary/aromatic N) is 2. The highest BCUT2D eigenvalue weighted by molar-refractivity contribution is 6.05. The van der Waals surface area contributed by atoms with Crippen LogP contribution < -0.4 is 5.73 Å². The van der Waals surface area contributed by atoms with Crippen LogP contribution in [0.5, 0.6) is 0 Å². The van der Waals surface area contributed by atoms with Crippen molar-refractivity contribution in [1.82, 2.24) is 4.90 Å². The molecule has 0 fully saturated rings. The lowest BCUT2D eigenvalue weighted by atomic mass is 9.99. The Bertz CT molecular complexity index is 778. The maximum Gasteiger partial charge on any atom is 0.138 e. The summed E-state index contributed by atoms with van der Waals surface area (Å²) in [5.74, 6) is -0.811. The molecule has 1 aromatic rings. The number of fused-ring (bicyclic) bond motifs is 1. The van der Waals surface area contributed by atoms with Crippen LogP contribution in [0, 0.1) is 11.6 Å². The topological polar surface area (TPSA) is 41.6 Å². The maximum atomic E-state index is 14.0. The number of hydrogen-bond acceptors (Lipinski definition) is 3. The van der Waals surface area contributed by atoms with Gasteiger partial charge in [-0.05, 0) is 43.7 Å². The Morgan fingerprint density at radius 1 is 1.41 bits per heavy atom. The van der Waals surface area contributed by atoms with Gasteiger partial charge in [-0.15, -0.1) is 0 Å². The first-order valence-corrected chi connectivity index (χ1v) is 6.99. The minimum absolute atomic E-state index is 0.172. The molecular formula is C17H17F2N3. The fourth-order valence-electron chi connectivity index (χ4n) is 2.50. The molecule has 0 bridgehead atoms. The Labute approximate surface area is 129 Å². The van der Waals surface area contributed by atoms with Crippen molar-refractivity contribution in [2.24, 2.45) is 10.7 Å². The molecule has 3 nitrogen and oxygen atoms in total. The Morgan fingerprint density at radius 2 is 2.18 bits per heavy atom. The molecule has 0 spiro atoms. The lowest BCUT2D eigenvalue weighted by molar-refractivity contribution is 0.578. The fraction of sp³-hybridized carbons (Fsp3) is 0.235. The van der Waals surface area contributed by atoms with E-state index < -0.39 is 18.2 Å². The minimum Gasteiger partial charge on any atom is -0.329 e. The van der Waals surface area contributed by atoms with Gasteiger partial charge in [0.15, 0.2) is 0 Å². The van der Waals surface area contributed by atoms with Gasteiger partial charge in [0.2, 0.25) is 0 Å². The molecule has 0 aromatic heterocycles. The number of halogens is 2. The summed E-state index contributed by atoms with van der Waals surface area (Å²) in [6.07, 6.45) is 5.26. The van der Waals surface area contributed by atoms with Gasteiger partial charge in [-0.2, -0.15) is 0 Å². The molecule has 0 saturated carbocycles. The van der Waals surface area contributed by atoms with Crippen LogP contribution in [0.25, 0.3) is 5.70 Å². The smallest absolute Gasteiger partial charge is 0.138 e. The number of allylic oxidation sites excluding steroid dienone is 2. The number of benzene rings is 1. The van der Waals surface area contributed by atoms with Crippen molar-refractivity contribution in [3.05, 3.63) is 64.9 Å². The van der Waals surface area contributed by atoms with Crippen molar-refractivity contribution in [3.63, 3.8) is 0 Å². The van der Waals surface area contributed by atoms with Crippen LogP contribution in [0.2, 0.25) is 0 Å². The third-order valence-electron chi connectivity index (χ3n) is 3.55. The third kappa shape index (κ3) is 2.60. The van der Waals surface area contributed by atoms with E-state index in [1.54, 1.807) is 4.90 Å². The first-order valence-electron chi connectivity index (χ1n) is 7.57. The Balaban J connectivity index is 2.09. The quantitative estimate of drug-likeness (QED) is 0.911. The summed E-state index contributed by atoms with van der Waals surface area (Å²) in [6.45, 7) is 3.00. The van der Waals surface area contributed by atoms with E-state index in [4.69, 9.17) is 7.10 Å². The molecule has 1 aromatic carbocycles. The van der Waals surface area contributed by atoms with Gasteiger partial charge in [0.05, 0.1) is 7.07 Å². The Morgan fingerprint density at radius 3 is 2.86 bits per heavy atom. The van der Waals surface area contributed by atoms with E-state index >= 15 is 0 Å². The molecule has 0 amide bonds. The predicted molar refractivity (Wildman–Crippen MR) is 84.0 cm³/mol. The van der Waals surface area contributed by atoms with E-state index in [2.05, 4.69) is 4.99 Å². The summed E-state index contributed by atoms with van der Waals surface area (Å²) in [4.78, 5) is 6.17. The van der Waals surface area contributed by atoms with Gasteiger partial charge < -0.3 is 10.6 Å². The van der Waals surface area contributed by atoms with Crippen LogP contribution in [0.4, 0.5) is 8.78 Å². The third-order valence-corrected chi connectivity index (χ3v) is 3.55. The van der Waals surface area contributed by atoms with Gasteiger partial charge in [0.1, 0.15) is 17.5 Å². The SMILES string of the molecule is [2H][C@@H]1C=C(c2ccc(F)cc2F)N=C2C(C(C)N)=CC(C)=CN21. The van der Waals surface area contributed by atoms with Crippen molar-refractivity contribution in [2.75, 3.05) is 6.52 Å². The highest BCUT2D eigenvalue weighted by atomic mass is 19.1. The molecule has 2 atom stereocenters. The average Bonchev–Trinajstić information content (AvgIpc) is 2.47. The molecule has 0 aliphatic carbocycles. The van der Waals surface area contributed by atoms with Crippen LogP contribution in [0.15, 0.2) is 52.7 Å². The molecule has 1 unspecified atom stereocenters. The number of rotatable bonds is 2. The molecule has 22 heavy (non-hydrogen) atoms. The number of hydrogen-bond donors (Lipinski definition) is 1. The second kappa shape index (κ2) is 5.50. The normalized spacial score (nSPS) is 22.9. The molecule has 2 N–H and O–H groups in total. The van der Waals surface area contributed by atoms with Crippen LogP contribution in [0.3, 0.4) is 0 Å². The minimum atomic E-state index is -0.751. The van der Waals surface area contributed by atoms with Gasteiger partial charge in [0, 0.05) is 36.0 Å². The molecule has 3 rings (SSSR count). The van der Waals surface area contributed by atoms with Gasteiger partial charge in [-0.1, -0.05) is 0 Å². The van der Waals surface area contributed by atoms with Crippen LogP contribution >= 0.6 is 0 Å². The van der Waals surface area contributed by atoms with E-state index in [1.807, 2.05) is 26.1 Å². The van der Waals surface area contributed by atoms with Gasteiger partial charge in [-0.3, -0.25) is 0 Å². The summed E-state index contributed by atoms with van der Waals surface area (Å²) < 4.78 is 35.4. The summed E-state index contributed by atoms with van der Waals surface area (Å²) >= 11 is 0. The summed E-state index contributed by atoms with van der Waals surface area (Å²) in [5.41, 5.74) is 8.25. The van der Waals surface area contributed by atoms with Crippen LogP contribution in [-0.4, -0.2) is 23.3 Å². The highest BCUT2D eigenvalue weighted by Crippen LogP contribution is 2.28. The molecule has 0 saturated heterocycles. The van der Waals surface area contributed by atoms with E-state index in [9.17, 15) is 8.78 Å². The largest absolute Gasteiger partial charge is 0.329 e. The molecular weight excluding hydrogens is 284 g/mol. The number of nitrogens with two attached hydrogens (primary N) is 1. The zero-order valence-electron chi connectivity index (χ0n) is 13.3. The second-order valence-electron chi connectivity index (χ2n) is 5.43. The first kappa shape index (κ1) is 13.4. The second-order valence-corrected chi connectivity index (χ2v) is 5.43.